The van der Waals surface area contributed by atoms with Crippen LogP contribution in [0.2, 0.25) is 0 Å². The van der Waals surface area contributed by atoms with Crippen LogP contribution in [0.15, 0.2) is 24.3 Å². The number of aryl methyl sites for hydroxylation is 1. The van der Waals surface area contributed by atoms with Crippen LogP contribution in [0, 0.1) is 0 Å². The molecule has 114 valence electrons. The predicted molar refractivity (Wildman–Crippen MR) is 82.3 cm³/mol. The Bertz CT molecular complexity index is 516. The molecule has 1 unspecified atom stereocenters. The van der Waals surface area contributed by atoms with Crippen molar-refractivity contribution in [2.75, 3.05) is 32.5 Å². The van der Waals surface area contributed by atoms with Gasteiger partial charge in [0.2, 0.25) is 5.91 Å². The van der Waals surface area contributed by atoms with Gasteiger partial charge in [-0.3, -0.25) is 4.79 Å². The largest absolute Gasteiger partial charge is 0.373 e. The van der Waals surface area contributed by atoms with Gasteiger partial charge in [0, 0.05) is 32.9 Å². The summed E-state index contributed by atoms with van der Waals surface area (Å²) in [4.78, 5) is 24.9. The first kappa shape index (κ1) is 15.2. The van der Waals surface area contributed by atoms with E-state index in [9.17, 15) is 9.59 Å². The van der Waals surface area contributed by atoms with Gasteiger partial charge in [0.15, 0.2) is 0 Å². The van der Waals surface area contributed by atoms with Gasteiger partial charge in [-0.15, -0.1) is 0 Å². The molecule has 21 heavy (non-hydrogen) atoms. The Morgan fingerprint density at radius 3 is 2.71 bits per heavy atom. The standard InChI is InChI=1S/C15H22N4O2/c1-19(2)15(21)17-10-9-16-14(20)13-8-7-11-5-3-4-6-12(11)18-13/h3-6,13,18H,7-10H2,1-2H3,(H,16,20)(H,17,21). The van der Waals surface area contributed by atoms with Crippen molar-refractivity contribution in [2.45, 2.75) is 18.9 Å². The lowest BCUT2D eigenvalue weighted by molar-refractivity contribution is -0.122. The molecule has 1 aromatic carbocycles. The number of benzene rings is 1. The Kier molecular flexibility index (Phi) is 5.03. The van der Waals surface area contributed by atoms with Crippen molar-refractivity contribution in [3.63, 3.8) is 0 Å². The van der Waals surface area contributed by atoms with Gasteiger partial charge >= 0.3 is 6.03 Å². The second kappa shape index (κ2) is 6.97. The van der Waals surface area contributed by atoms with E-state index in [2.05, 4.69) is 22.0 Å². The number of nitrogens with zero attached hydrogens (tertiary/aromatic N) is 1. The van der Waals surface area contributed by atoms with E-state index in [0.717, 1.165) is 18.5 Å². The zero-order valence-electron chi connectivity index (χ0n) is 12.5. The minimum absolute atomic E-state index is 0.0244. The van der Waals surface area contributed by atoms with Gasteiger partial charge in [-0.05, 0) is 24.5 Å². The van der Waals surface area contributed by atoms with Crippen molar-refractivity contribution < 1.29 is 9.59 Å². The summed E-state index contributed by atoms with van der Waals surface area (Å²) in [5.74, 6) is -0.0244. The van der Waals surface area contributed by atoms with Crippen LogP contribution in [-0.2, 0) is 11.2 Å². The van der Waals surface area contributed by atoms with Gasteiger partial charge in [0.05, 0.1) is 0 Å². The molecule has 1 atom stereocenters. The number of anilines is 1. The second-order valence-corrected chi connectivity index (χ2v) is 5.31. The lowest BCUT2D eigenvalue weighted by Crippen LogP contribution is -2.45. The molecule has 1 aliphatic heterocycles. The van der Waals surface area contributed by atoms with Gasteiger partial charge in [-0.2, -0.15) is 0 Å². The number of carbonyl (C=O) groups excluding carboxylic acids is 2. The molecule has 3 amide bonds. The highest BCUT2D eigenvalue weighted by Gasteiger charge is 2.23. The molecule has 0 aromatic heterocycles. The first-order chi connectivity index (χ1) is 10.1. The zero-order valence-corrected chi connectivity index (χ0v) is 12.5. The van der Waals surface area contributed by atoms with Crippen LogP contribution >= 0.6 is 0 Å². The molecule has 0 saturated heterocycles. The monoisotopic (exact) mass is 290 g/mol. The normalized spacial score (nSPS) is 16.4. The first-order valence-electron chi connectivity index (χ1n) is 7.15. The molecular formula is C15H22N4O2. The number of para-hydroxylation sites is 1. The fourth-order valence-corrected chi connectivity index (χ4v) is 2.27. The third kappa shape index (κ3) is 4.11. The zero-order chi connectivity index (χ0) is 15.2. The predicted octanol–water partition coefficient (Wildman–Crippen LogP) is 0.801. The van der Waals surface area contributed by atoms with Crippen molar-refractivity contribution in [1.29, 1.82) is 0 Å². The van der Waals surface area contributed by atoms with Crippen molar-refractivity contribution >= 4 is 17.6 Å². The maximum atomic E-state index is 12.1. The number of rotatable bonds is 4. The maximum absolute atomic E-state index is 12.1. The fourth-order valence-electron chi connectivity index (χ4n) is 2.27. The lowest BCUT2D eigenvalue weighted by Gasteiger charge is -2.26. The summed E-state index contributed by atoms with van der Waals surface area (Å²) >= 11 is 0. The van der Waals surface area contributed by atoms with Crippen LogP contribution < -0.4 is 16.0 Å². The Morgan fingerprint density at radius 2 is 1.95 bits per heavy atom. The summed E-state index contributed by atoms with van der Waals surface area (Å²) in [6.45, 7) is 0.851. The third-order valence-electron chi connectivity index (χ3n) is 3.47. The summed E-state index contributed by atoms with van der Waals surface area (Å²) in [5.41, 5.74) is 2.28. The van der Waals surface area contributed by atoms with Gasteiger partial charge in [-0.1, -0.05) is 18.2 Å². The van der Waals surface area contributed by atoms with E-state index >= 15 is 0 Å². The molecule has 0 fully saturated rings. The molecule has 2 rings (SSSR count). The molecule has 0 bridgehead atoms. The van der Waals surface area contributed by atoms with Crippen LogP contribution in [0.5, 0.6) is 0 Å². The molecule has 6 heteroatoms. The van der Waals surface area contributed by atoms with Crippen molar-refractivity contribution in [3.8, 4) is 0 Å². The number of hydrogen-bond acceptors (Lipinski definition) is 3. The third-order valence-corrected chi connectivity index (χ3v) is 3.47. The van der Waals surface area contributed by atoms with Crippen LogP contribution in [0.4, 0.5) is 10.5 Å². The summed E-state index contributed by atoms with van der Waals surface area (Å²) in [6, 6.07) is 7.68. The highest BCUT2D eigenvalue weighted by molar-refractivity contribution is 5.85. The molecule has 0 radical (unpaired) electrons. The molecule has 0 spiro atoms. The number of hydrogen-bond donors (Lipinski definition) is 3. The SMILES string of the molecule is CN(C)C(=O)NCCNC(=O)C1CCc2ccccc2N1. The van der Waals surface area contributed by atoms with E-state index in [1.54, 1.807) is 14.1 Å². The smallest absolute Gasteiger partial charge is 0.316 e. The Balaban J connectivity index is 1.74. The minimum atomic E-state index is -0.204. The Hall–Kier alpha value is -2.24. The lowest BCUT2D eigenvalue weighted by atomic mass is 9.98. The van der Waals surface area contributed by atoms with Crippen molar-refractivity contribution in [1.82, 2.24) is 15.5 Å². The van der Waals surface area contributed by atoms with E-state index in [-0.39, 0.29) is 18.0 Å². The highest BCUT2D eigenvalue weighted by atomic mass is 16.2. The fraction of sp³-hybridized carbons (Fsp3) is 0.467. The molecule has 3 N–H and O–H groups in total. The van der Waals surface area contributed by atoms with E-state index in [4.69, 9.17) is 0 Å². The summed E-state index contributed by atoms with van der Waals surface area (Å²) in [7, 11) is 3.36. The Labute approximate surface area is 124 Å². The molecule has 1 aliphatic rings. The number of nitrogens with one attached hydrogen (secondary N) is 3. The average Bonchev–Trinajstić information content (AvgIpc) is 2.50. The number of carbonyl (C=O) groups is 2. The van der Waals surface area contributed by atoms with Crippen LogP contribution in [0.25, 0.3) is 0 Å². The number of fused-ring (bicyclic) bond motifs is 1. The van der Waals surface area contributed by atoms with Crippen molar-refractivity contribution in [2.24, 2.45) is 0 Å². The summed E-state index contributed by atoms with van der Waals surface area (Å²) in [6.07, 6.45) is 1.69. The topological polar surface area (TPSA) is 73.5 Å². The van der Waals surface area contributed by atoms with Crippen molar-refractivity contribution in [3.05, 3.63) is 29.8 Å². The molecular weight excluding hydrogens is 268 g/mol. The molecule has 6 nitrogen and oxygen atoms in total. The van der Waals surface area contributed by atoms with Crippen LogP contribution in [-0.4, -0.2) is 50.1 Å². The van der Waals surface area contributed by atoms with E-state index in [1.165, 1.54) is 10.5 Å². The summed E-state index contributed by atoms with van der Waals surface area (Å²) in [5, 5.41) is 8.81. The minimum Gasteiger partial charge on any atom is -0.373 e. The number of amides is 3. The highest BCUT2D eigenvalue weighted by Crippen LogP contribution is 2.24. The number of urea groups is 1. The van der Waals surface area contributed by atoms with Crippen LogP contribution in [0.3, 0.4) is 0 Å². The van der Waals surface area contributed by atoms with Gasteiger partial charge in [0.25, 0.3) is 0 Å². The van der Waals surface area contributed by atoms with Crippen LogP contribution in [0.1, 0.15) is 12.0 Å². The summed E-state index contributed by atoms with van der Waals surface area (Å²) < 4.78 is 0. The van der Waals surface area contributed by atoms with Gasteiger partial charge < -0.3 is 20.9 Å². The maximum Gasteiger partial charge on any atom is 0.316 e. The molecule has 1 heterocycles. The van der Waals surface area contributed by atoms with Gasteiger partial charge in [-0.25, -0.2) is 4.79 Å². The van der Waals surface area contributed by atoms with Gasteiger partial charge in [0.1, 0.15) is 6.04 Å². The van der Waals surface area contributed by atoms with E-state index in [0.29, 0.717) is 13.1 Å². The molecule has 0 aliphatic carbocycles. The molecule has 0 saturated carbocycles. The first-order valence-corrected chi connectivity index (χ1v) is 7.15. The second-order valence-electron chi connectivity index (χ2n) is 5.31. The quantitative estimate of drug-likeness (QED) is 0.718. The Morgan fingerprint density at radius 1 is 1.24 bits per heavy atom. The van der Waals surface area contributed by atoms with E-state index in [1.807, 2.05) is 18.2 Å². The average molecular weight is 290 g/mol. The van der Waals surface area contributed by atoms with E-state index < -0.39 is 0 Å². The molecule has 1 aromatic rings.